The number of hydrogen-bond acceptors (Lipinski definition) is 7. The quantitative estimate of drug-likeness (QED) is 0.253. The van der Waals surface area contributed by atoms with Crippen LogP contribution in [0.25, 0.3) is 0 Å². The summed E-state index contributed by atoms with van der Waals surface area (Å²) in [5, 5.41) is 14.7. The van der Waals surface area contributed by atoms with Crippen LogP contribution >= 0.6 is 12.2 Å². The Labute approximate surface area is 148 Å². The van der Waals surface area contributed by atoms with Crippen molar-refractivity contribution < 1.29 is 17.5 Å². The zero-order chi connectivity index (χ0) is 18.4. The Morgan fingerprint density at radius 2 is 2.00 bits per heavy atom. The first-order valence-corrected chi connectivity index (χ1v) is 8.48. The highest BCUT2D eigenvalue weighted by Crippen LogP contribution is 2.26. The van der Waals surface area contributed by atoms with Crippen molar-refractivity contribution in [3.05, 3.63) is 64.2 Å². The second kappa shape index (κ2) is 7.68. The zero-order valence-corrected chi connectivity index (χ0v) is 14.2. The first-order chi connectivity index (χ1) is 11.8. The van der Waals surface area contributed by atoms with Gasteiger partial charge in [-0.2, -0.15) is 13.5 Å². The molecule has 0 atom stereocenters. The molecule has 2 rings (SSSR count). The Hall–Kier alpha value is -3.05. The Bertz CT molecular complexity index is 944. The monoisotopic (exact) mass is 380 g/mol. The molecule has 0 saturated heterocycles. The maximum atomic E-state index is 12.3. The summed E-state index contributed by atoms with van der Waals surface area (Å²) < 4.78 is 29.7. The van der Waals surface area contributed by atoms with Crippen LogP contribution in [0.4, 0.5) is 5.69 Å². The highest BCUT2D eigenvalue weighted by atomic mass is 32.2. The molecule has 130 valence electrons. The molecule has 0 fully saturated rings. The van der Waals surface area contributed by atoms with Crippen molar-refractivity contribution in [3.8, 4) is 5.75 Å². The van der Waals surface area contributed by atoms with E-state index >= 15 is 0 Å². The molecule has 2 aromatic carbocycles. The van der Waals surface area contributed by atoms with Gasteiger partial charge in [0.05, 0.1) is 11.1 Å². The lowest BCUT2D eigenvalue weighted by molar-refractivity contribution is -0.387. The van der Waals surface area contributed by atoms with E-state index in [1.54, 1.807) is 6.07 Å². The molecule has 0 aliphatic rings. The maximum Gasteiger partial charge on any atom is 0.346 e. The molecule has 0 amide bonds. The van der Waals surface area contributed by atoms with Gasteiger partial charge in [-0.05, 0) is 36.0 Å². The third-order valence-electron chi connectivity index (χ3n) is 2.78. The summed E-state index contributed by atoms with van der Waals surface area (Å²) in [6.07, 6.45) is 1.35. The van der Waals surface area contributed by atoms with Crippen molar-refractivity contribution in [2.24, 2.45) is 10.8 Å². The van der Waals surface area contributed by atoms with E-state index in [0.717, 1.165) is 12.1 Å². The number of hydrogen-bond donors (Lipinski definition) is 2. The van der Waals surface area contributed by atoms with Gasteiger partial charge in [-0.25, -0.2) is 0 Å². The fourth-order valence-electron chi connectivity index (χ4n) is 1.81. The van der Waals surface area contributed by atoms with Gasteiger partial charge in [0.25, 0.3) is 5.69 Å². The molecule has 25 heavy (non-hydrogen) atoms. The van der Waals surface area contributed by atoms with Crippen LogP contribution in [0.5, 0.6) is 5.75 Å². The van der Waals surface area contributed by atoms with E-state index in [1.165, 1.54) is 36.5 Å². The average molecular weight is 380 g/mol. The second-order valence-corrected chi connectivity index (χ2v) is 6.52. The van der Waals surface area contributed by atoms with Crippen LogP contribution in [-0.4, -0.2) is 24.7 Å². The summed E-state index contributed by atoms with van der Waals surface area (Å²) in [5.41, 5.74) is 7.50. The minimum Gasteiger partial charge on any atom is -0.379 e. The van der Waals surface area contributed by atoms with Crippen molar-refractivity contribution in [3.63, 3.8) is 0 Å². The van der Waals surface area contributed by atoms with Crippen molar-refractivity contribution >= 4 is 39.4 Å². The fraction of sp³-hybridized carbons (Fsp3) is 0. The molecule has 0 aliphatic heterocycles. The minimum atomic E-state index is -4.38. The first kappa shape index (κ1) is 18.3. The lowest BCUT2D eigenvalue weighted by Crippen LogP contribution is -2.23. The molecular formula is C14H12N4O5S2. The zero-order valence-electron chi connectivity index (χ0n) is 12.5. The van der Waals surface area contributed by atoms with Crippen LogP contribution in [0, 0.1) is 10.1 Å². The Balaban J connectivity index is 2.29. The summed E-state index contributed by atoms with van der Waals surface area (Å²) in [4.78, 5) is 9.66. The number of hydrazone groups is 1. The molecule has 0 aromatic heterocycles. The molecule has 11 heteroatoms. The molecular weight excluding hydrogens is 368 g/mol. The molecule has 0 saturated carbocycles. The summed E-state index contributed by atoms with van der Waals surface area (Å²) in [6.45, 7) is 0. The predicted molar refractivity (Wildman–Crippen MR) is 94.9 cm³/mol. The summed E-state index contributed by atoms with van der Waals surface area (Å²) >= 11 is 4.59. The number of benzene rings is 2. The van der Waals surface area contributed by atoms with E-state index in [9.17, 15) is 18.5 Å². The normalized spacial score (nSPS) is 11.2. The van der Waals surface area contributed by atoms with Crippen molar-refractivity contribution in [1.82, 2.24) is 5.43 Å². The smallest absolute Gasteiger partial charge is 0.346 e. The van der Waals surface area contributed by atoms with Gasteiger partial charge >= 0.3 is 10.1 Å². The van der Waals surface area contributed by atoms with Crippen LogP contribution in [0.2, 0.25) is 0 Å². The van der Waals surface area contributed by atoms with Crippen LogP contribution in [0.1, 0.15) is 5.56 Å². The van der Waals surface area contributed by atoms with Crippen LogP contribution in [0.15, 0.2) is 58.5 Å². The summed E-state index contributed by atoms with van der Waals surface area (Å²) in [6, 6.07) is 10.9. The SMILES string of the molecule is NC(=S)N/N=C\c1cccc(OS(=O)(=O)c2ccccc2[N+](=O)[O-])c1. The minimum absolute atomic E-state index is 0.0254. The summed E-state index contributed by atoms with van der Waals surface area (Å²) in [7, 11) is -4.38. The molecule has 9 nitrogen and oxygen atoms in total. The van der Waals surface area contributed by atoms with Gasteiger partial charge in [0.2, 0.25) is 0 Å². The molecule has 0 bridgehead atoms. The Kier molecular flexibility index (Phi) is 5.62. The van der Waals surface area contributed by atoms with Gasteiger partial charge in [-0.3, -0.25) is 15.5 Å². The van der Waals surface area contributed by atoms with E-state index in [0.29, 0.717) is 5.56 Å². The molecule has 0 spiro atoms. The molecule has 0 radical (unpaired) electrons. The Morgan fingerprint density at radius 3 is 2.68 bits per heavy atom. The van der Waals surface area contributed by atoms with E-state index in [2.05, 4.69) is 22.7 Å². The number of nitro groups is 1. The van der Waals surface area contributed by atoms with E-state index in [-0.39, 0.29) is 10.9 Å². The third kappa shape index (κ3) is 4.96. The van der Waals surface area contributed by atoms with Gasteiger partial charge in [0.1, 0.15) is 5.75 Å². The second-order valence-electron chi connectivity index (χ2n) is 4.57. The lowest BCUT2D eigenvalue weighted by Gasteiger charge is -2.08. The van der Waals surface area contributed by atoms with Crippen molar-refractivity contribution in [2.75, 3.05) is 0 Å². The van der Waals surface area contributed by atoms with E-state index in [4.69, 9.17) is 9.92 Å². The number of nitrogens with two attached hydrogens (primary N) is 1. The number of nitro benzene ring substituents is 1. The van der Waals surface area contributed by atoms with E-state index in [1.807, 2.05) is 0 Å². The van der Waals surface area contributed by atoms with Crippen molar-refractivity contribution in [1.29, 1.82) is 0 Å². The number of nitrogens with one attached hydrogen (secondary N) is 1. The average Bonchev–Trinajstić information content (AvgIpc) is 2.54. The number of rotatable bonds is 6. The summed E-state index contributed by atoms with van der Waals surface area (Å²) in [5.74, 6) is -0.0302. The third-order valence-corrected chi connectivity index (χ3v) is 4.17. The number of para-hydroxylation sites is 1. The first-order valence-electron chi connectivity index (χ1n) is 6.66. The maximum absolute atomic E-state index is 12.3. The van der Waals surface area contributed by atoms with Gasteiger partial charge in [-0.1, -0.05) is 24.3 Å². The van der Waals surface area contributed by atoms with Crippen molar-refractivity contribution in [2.45, 2.75) is 4.90 Å². The van der Waals surface area contributed by atoms with Gasteiger partial charge in [0.15, 0.2) is 10.0 Å². The number of thiocarbonyl (C=S) groups is 1. The standard InChI is InChI=1S/C14H12N4O5S2/c15-14(24)17-16-9-10-4-3-5-11(8-10)23-25(21,22)13-7-2-1-6-12(13)18(19)20/h1-9H,(H3,15,17,24)/b16-9-. The largest absolute Gasteiger partial charge is 0.379 e. The van der Waals surface area contributed by atoms with Crippen LogP contribution in [-0.2, 0) is 10.1 Å². The van der Waals surface area contributed by atoms with Gasteiger partial charge in [-0.15, -0.1) is 0 Å². The van der Waals surface area contributed by atoms with E-state index < -0.39 is 25.6 Å². The molecule has 0 unspecified atom stereocenters. The predicted octanol–water partition coefficient (Wildman–Crippen LogP) is 1.53. The van der Waals surface area contributed by atoms with Gasteiger partial charge < -0.3 is 9.92 Å². The lowest BCUT2D eigenvalue weighted by atomic mass is 10.2. The van der Waals surface area contributed by atoms with Crippen LogP contribution in [0.3, 0.4) is 0 Å². The fourth-order valence-corrected chi connectivity index (χ4v) is 2.95. The van der Waals surface area contributed by atoms with Crippen LogP contribution < -0.4 is 15.3 Å². The Morgan fingerprint density at radius 1 is 1.28 bits per heavy atom. The topological polar surface area (TPSA) is 137 Å². The van der Waals surface area contributed by atoms with Gasteiger partial charge in [0, 0.05) is 6.07 Å². The highest BCUT2D eigenvalue weighted by Gasteiger charge is 2.27. The molecule has 2 aromatic rings. The molecule has 0 heterocycles. The number of nitrogens with zero attached hydrogens (tertiary/aromatic N) is 2. The molecule has 3 N–H and O–H groups in total. The highest BCUT2D eigenvalue weighted by molar-refractivity contribution is 7.87. The molecule has 0 aliphatic carbocycles.